The van der Waals surface area contributed by atoms with Crippen LogP contribution in [-0.2, 0) is 10.0 Å². The number of halogens is 2. The lowest BCUT2D eigenvalue weighted by Gasteiger charge is -2.13. The Bertz CT molecular complexity index is 793. The van der Waals surface area contributed by atoms with Gasteiger partial charge in [-0.3, -0.25) is 4.72 Å². The van der Waals surface area contributed by atoms with Gasteiger partial charge >= 0.3 is 0 Å². The van der Waals surface area contributed by atoms with Crippen molar-refractivity contribution in [1.82, 2.24) is 0 Å². The monoisotopic (exact) mass is 361 g/mol. The van der Waals surface area contributed by atoms with Crippen LogP contribution in [0.4, 0.5) is 5.69 Å². The molecule has 0 aliphatic rings. The van der Waals surface area contributed by atoms with Crippen molar-refractivity contribution in [2.45, 2.75) is 4.90 Å². The van der Waals surface area contributed by atoms with Crippen LogP contribution in [0.25, 0.3) is 0 Å². The second-order valence-corrected chi connectivity index (χ2v) is 6.74. The Kier molecular flexibility index (Phi) is 5.05. The van der Waals surface area contributed by atoms with Crippen LogP contribution in [0.15, 0.2) is 41.3 Å². The van der Waals surface area contributed by atoms with Gasteiger partial charge < -0.3 is 9.47 Å². The number of sulfonamides is 1. The fraction of sp³-hybridized carbons (Fsp3) is 0.143. The standard InChI is InChI=1S/C14H13Cl2NO4S/c1-20-9-3-6-14(21-2)13(7-9)17-22(18,19)10-4-5-11(15)12(16)8-10/h3-8,17H,1-2H3. The smallest absolute Gasteiger partial charge is 0.262 e. The Morgan fingerprint density at radius 2 is 1.68 bits per heavy atom. The molecule has 0 saturated carbocycles. The van der Waals surface area contributed by atoms with Crippen LogP contribution in [0.1, 0.15) is 0 Å². The molecule has 0 saturated heterocycles. The molecule has 2 aromatic carbocycles. The Morgan fingerprint density at radius 1 is 0.955 bits per heavy atom. The third kappa shape index (κ3) is 3.58. The summed E-state index contributed by atoms with van der Waals surface area (Å²) in [5, 5.41) is 0.432. The van der Waals surface area contributed by atoms with E-state index < -0.39 is 10.0 Å². The summed E-state index contributed by atoms with van der Waals surface area (Å²) >= 11 is 11.7. The van der Waals surface area contributed by atoms with E-state index in [-0.39, 0.29) is 20.6 Å². The van der Waals surface area contributed by atoms with Gasteiger partial charge in [-0.1, -0.05) is 23.2 Å². The summed E-state index contributed by atoms with van der Waals surface area (Å²) in [6.07, 6.45) is 0. The van der Waals surface area contributed by atoms with E-state index in [4.69, 9.17) is 32.7 Å². The summed E-state index contributed by atoms with van der Waals surface area (Å²) in [7, 11) is -0.910. The molecule has 0 heterocycles. The molecule has 0 amide bonds. The fourth-order valence-electron chi connectivity index (χ4n) is 1.74. The molecule has 0 radical (unpaired) electrons. The summed E-state index contributed by atoms with van der Waals surface area (Å²) in [4.78, 5) is -0.00762. The van der Waals surface area contributed by atoms with E-state index >= 15 is 0 Å². The maximum absolute atomic E-state index is 12.4. The van der Waals surface area contributed by atoms with Crippen molar-refractivity contribution in [1.29, 1.82) is 0 Å². The van der Waals surface area contributed by atoms with Crippen LogP contribution in [0.2, 0.25) is 10.0 Å². The minimum atomic E-state index is -3.84. The van der Waals surface area contributed by atoms with Gasteiger partial charge in [-0.15, -0.1) is 0 Å². The number of anilines is 1. The SMILES string of the molecule is COc1ccc(OC)c(NS(=O)(=O)c2ccc(Cl)c(Cl)c2)c1. The van der Waals surface area contributed by atoms with Crippen molar-refractivity contribution in [2.75, 3.05) is 18.9 Å². The first-order valence-corrected chi connectivity index (χ1v) is 8.31. The second kappa shape index (κ2) is 6.64. The van der Waals surface area contributed by atoms with Crippen LogP contribution in [0.3, 0.4) is 0 Å². The Morgan fingerprint density at radius 3 is 2.27 bits per heavy atom. The molecule has 118 valence electrons. The lowest BCUT2D eigenvalue weighted by atomic mass is 10.3. The van der Waals surface area contributed by atoms with Crippen molar-refractivity contribution in [3.05, 3.63) is 46.4 Å². The van der Waals surface area contributed by atoms with Gasteiger partial charge in [0.1, 0.15) is 11.5 Å². The maximum atomic E-state index is 12.4. The number of methoxy groups -OCH3 is 2. The molecule has 0 aliphatic heterocycles. The maximum Gasteiger partial charge on any atom is 0.262 e. The molecule has 0 unspecified atom stereocenters. The normalized spacial score (nSPS) is 11.1. The molecule has 5 nitrogen and oxygen atoms in total. The minimum Gasteiger partial charge on any atom is -0.497 e. The quantitative estimate of drug-likeness (QED) is 0.879. The molecule has 22 heavy (non-hydrogen) atoms. The highest BCUT2D eigenvalue weighted by molar-refractivity contribution is 7.92. The highest BCUT2D eigenvalue weighted by Crippen LogP contribution is 2.32. The molecule has 0 spiro atoms. The summed E-state index contributed by atoms with van der Waals surface area (Å²) in [6.45, 7) is 0. The van der Waals surface area contributed by atoms with E-state index in [1.54, 1.807) is 12.1 Å². The van der Waals surface area contributed by atoms with Crippen LogP contribution < -0.4 is 14.2 Å². The number of hydrogen-bond acceptors (Lipinski definition) is 4. The summed E-state index contributed by atoms with van der Waals surface area (Å²) in [5.41, 5.74) is 0.257. The largest absolute Gasteiger partial charge is 0.497 e. The van der Waals surface area contributed by atoms with Gasteiger partial charge in [0.25, 0.3) is 10.0 Å². The van der Waals surface area contributed by atoms with Crippen molar-refractivity contribution in [3.8, 4) is 11.5 Å². The average Bonchev–Trinajstić information content (AvgIpc) is 2.49. The number of ether oxygens (including phenoxy) is 2. The minimum absolute atomic E-state index is 0.00762. The first-order chi connectivity index (χ1) is 10.4. The molecule has 8 heteroatoms. The van der Waals surface area contributed by atoms with E-state index in [0.717, 1.165) is 0 Å². The molecular formula is C14H13Cl2NO4S. The zero-order valence-electron chi connectivity index (χ0n) is 11.8. The van der Waals surface area contributed by atoms with E-state index in [1.807, 2.05) is 0 Å². The number of nitrogens with one attached hydrogen (secondary N) is 1. The lowest BCUT2D eigenvalue weighted by molar-refractivity contribution is 0.405. The molecular weight excluding hydrogens is 349 g/mol. The van der Waals surface area contributed by atoms with Gasteiger partial charge in [-0.25, -0.2) is 8.42 Å². The van der Waals surface area contributed by atoms with Gasteiger partial charge in [0, 0.05) is 6.07 Å². The van der Waals surface area contributed by atoms with Gasteiger partial charge in [0.15, 0.2) is 0 Å². The average molecular weight is 362 g/mol. The summed E-state index contributed by atoms with van der Waals surface area (Å²) in [6, 6.07) is 8.85. The van der Waals surface area contributed by atoms with E-state index in [9.17, 15) is 8.42 Å². The van der Waals surface area contributed by atoms with Gasteiger partial charge in [0.2, 0.25) is 0 Å². The third-order valence-corrected chi connectivity index (χ3v) is 4.95. The van der Waals surface area contributed by atoms with Crippen LogP contribution in [-0.4, -0.2) is 22.6 Å². The van der Waals surface area contributed by atoms with Crippen LogP contribution in [0, 0.1) is 0 Å². The summed E-state index contributed by atoms with van der Waals surface area (Å²) < 4.78 is 37.5. The van der Waals surface area contributed by atoms with Crippen molar-refractivity contribution in [2.24, 2.45) is 0 Å². The predicted molar refractivity (Wildman–Crippen MR) is 86.8 cm³/mol. The molecule has 2 aromatic rings. The van der Waals surface area contributed by atoms with Gasteiger partial charge in [-0.05, 0) is 30.3 Å². The zero-order chi connectivity index (χ0) is 16.3. The van der Waals surface area contributed by atoms with E-state index in [2.05, 4.69) is 4.72 Å². The van der Waals surface area contributed by atoms with Gasteiger partial charge in [-0.2, -0.15) is 0 Å². The van der Waals surface area contributed by atoms with Crippen LogP contribution >= 0.6 is 23.2 Å². The highest BCUT2D eigenvalue weighted by Gasteiger charge is 2.18. The molecule has 0 aliphatic carbocycles. The lowest BCUT2D eigenvalue weighted by Crippen LogP contribution is -2.13. The third-order valence-electron chi connectivity index (χ3n) is 2.85. The molecule has 0 fully saturated rings. The Labute approximate surface area is 138 Å². The molecule has 0 aromatic heterocycles. The van der Waals surface area contributed by atoms with Crippen molar-refractivity contribution < 1.29 is 17.9 Å². The molecule has 0 atom stereocenters. The molecule has 1 N–H and O–H groups in total. The molecule has 2 rings (SSSR count). The molecule has 0 bridgehead atoms. The van der Waals surface area contributed by atoms with E-state index in [0.29, 0.717) is 11.5 Å². The summed E-state index contributed by atoms with van der Waals surface area (Å²) in [5.74, 6) is 0.858. The Hall–Kier alpha value is -1.63. The van der Waals surface area contributed by atoms with Crippen LogP contribution in [0.5, 0.6) is 11.5 Å². The first kappa shape index (κ1) is 16.7. The first-order valence-electron chi connectivity index (χ1n) is 6.07. The van der Waals surface area contributed by atoms with Gasteiger partial charge in [0.05, 0.1) is 34.8 Å². The number of rotatable bonds is 5. The topological polar surface area (TPSA) is 64.6 Å². The Balaban J connectivity index is 2.41. The second-order valence-electron chi connectivity index (χ2n) is 4.25. The van der Waals surface area contributed by atoms with E-state index in [1.165, 1.54) is 38.5 Å². The highest BCUT2D eigenvalue weighted by atomic mass is 35.5. The number of benzene rings is 2. The van der Waals surface area contributed by atoms with Crippen molar-refractivity contribution >= 4 is 38.9 Å². The number of hydrogen-bond donors (Lipinski definition) is 1. The zero-order valence-corrected chi connectivity index (χ0v) is 14.1. The van der Waals surface area contributed by atoms with Crippen molar-refractivity contribution in [3.63, 3.8) is 0 Å². The predicted octanol–water partition coefficient (Wildman–Crippen LogP) is 3.81. The fourth-order valence-corrected chi connectivity index (χ4v) is 3.19.